The lowest BCUT2D eigenvalue weighted by Crippen LogP contribution is -1.91. The molecule has 0 fully saturated rings. The molecule has 0 saturated carbocycles. The van der Waals surface area contributed by atoms with E-state index in [0.717, 1.165) is 17.3 Å². The van der Waals surface area contributed by atoms with Crippen LogP contribution < -0.4 is 0 Å². The molecule has 0 bridgehead atoms. The second kappa shape index (κ2) is 4.74. The summed E-state index contributed by atoms with van der Waals surface area (Å²) in [5.41, 5.74) is 1.08. The first-order chi connectivity index (χ1) is 5.74. The monoisotopic (exact) mass is 248 g/mol. The summed E-state index contributed by atoms with van der Waals surface area (Å²) in [5, 5.41) is 0.870. The first-order valence-electron chi connectivity index (χ1n) is 3.50. The van der Waals surface area contributed by atoms with Crippen LogP contribution in [0.15, 0.2) is 29.2 Å². The highest BCUT2D eigenvalue weighted by Crippen LogP contribution is 2.09. The Morgan fingerprint density at radius 2 is 2.25 bits per heavy atom. The van der Waals surface area contributed by atoms with Gasteiger partial charge in [-0.1, -0.05) is 28.1 Å². The number of rotatable bonds is 3. The summed E-state index contributed by atoms with van der Waals surface area (Å²) in [6.07, 6.45) is 0.880. The Balaban J connectivity index is 2.88. The maximum atomic E-state index is 10.7. The summed E-state index contributed by atoms with van der Waals surface area (Å²) in [5.74, 6) is 0. The standard InChI is InChI=1S/C8H9BrO2S/c9-5-4-7-2-1-3-8(6-7)12(10)11/h1-3,6H,4-5H2,(H,10,11). The fourth-order valence-electron chi connectivity index (χ4n) is 0.919. The zero-order valence-corrected chi connectivity index (χ0v) is 8.77. The molecule has 66 valence electrons. The highest BCUT2D eigenvalue weighted by Gasteiger charge is 1.99. The minimum atomic E-state index is -1.86. The average molecular weight is 249 g/mol. The van der Waals surface area contributed by atoms with Crippen molar-refractivity contribution in [3.63, 3.8) is 0 Å². The maximum Gasteiger partial charge on any atom is 0.186 e. The van der Waals surface area contributed by atoms with E-state index >= 15 is 0 Å². The minimum Gasteiger partial charge on any atom is -0.302 e. The van der Waals surface area contributed by atoms with E-state index in [9.17, 15) is 4.21 Å². The third kappa shape index (κ3) is 2.69. The van der Waals surface area contributed by atoms with Crippen LogP contribution in [0, 0.1) is 0 Å². The summed E-state index contributed by atoms with van der Waals surface area (Å²) in [6.45, 7) is 0. The number of alkyl halides is 1. The molecule has 4 heteroatoms. The van der Waals surface area contributed by atoms with Gasteiger partial charge in [-0.3, -0.25) is 0 Å². The molecule has 0 amide bonds. The van der Waals surface area contributed by atoms with Crippen LogP contribution in [-0.4, -0.2) is 14.1 Å². The average Bonchev–Trinajstić information content (AvgIpc) is 2.05. The zero-order valence-electron chi connectivity index (χ0n) is 6.37. The number of benzene rings is 1. The van der Waals surface area contributed by atoms with Gasteiger partial charge in [0, 0.05) is 5.33 Å². The van der Waals surface area contributed by atoms with Crippen molar-refractivity contribution >= 4 is 27.0 Å². The van der Waals surface area contributed by atoms with Crippen LogP contribution in [0.4, 0.5) is 0 Å². The summed E-state index contributed by atoms with van der Waals surface area (Å²) >= 11 is 1.45. The molecule has 1 N–H and O–H groups in total. The van der Waals surface area contributed by atoms with Gasteiger partial charge in [-0.25, -0.2) is 4.21 Å². The van der Waals surface area contributed by atoms with Crippen molar-refractivity contribution in [3.05, 3.63) is 29.8 Å². The van der Waals surface area contributed by atoms with Crippen LogP contribution in [0.1, 0.15) is 5.56 Å². The van der Waals surface area contributed by atoms with Crippen LogP contribution in [0.25, 0.3) is 0 Å². The number of aryl methyl sites for hydroxylation is 1. The Morgan fingerprint density at radius 3 is 2.83 bits per heavy atom. The summed E-state index contributed by atoms with van der Waals surface area (Å²) in [4.78, 5) is 0.466. The SMILES string of the molecule is O=S(O)c1cccc(CCBr)c1. The zero-order chi connectivity index (χ0) is 8.97. The third-order valence-electron chi connectivity index (χ3n) is 1.48. The van der Waals surface area contributed by atoms with Crippen molar-refractivity contribution in [3.8, 4) is 0 Å². The Hall–Kier alpha value is -0.190. The quantitative estimate of drug-likeness (QED) is 0.658. The lowest BCUT2D eigenvalue weighted by atomic mass is 10.2. The van der Waals surface area contributed by atoms with Gasteiger partial charge in [0.1, 0.15) is 0 Å². The molecule has 2 nitrogen and oxygen atoms in total. The van der Waals surface area contributed by atoms with Crippen LogP contribution in [-0.2, 0) is 17.5 Å². The van der Waals surface area contributed by atoms with Gasteiger partial charge >= 0.3 is 0 Å². The first-order valence-corrected chi connectivity index (χ1v) is 5.72. The van der Waals surface area contributed by atoms with Crippen molar-refractivity contribution in [1.82, 2.24) is 0 Å². The Morgan fingerprint density at radius 1 is 1.50 bits per heavy atom. The topological polar surface area (TPSA) is 37.3 Å². The highest BCUT2D eigenvalue weighted by molar-refractivity contribution is 9.09. The molecule has 0 spiro atoms. The van der Waals surface area contributed by atoms with E-state index in [1.807, 2.05) is 6.07 Å². The van der Waals surface area contributed by atoms with Crippen LogP contribution >= 0.6 is 15.9 Å². The van der Waals surface area contributed by atoms with Crippen LogP contribution in [0.3, 0.4) is 0 Å². The van der Waals surface area contributed by atoms with Gasteiger partial charge in [-0.05, 0) is 24.1 Å². The molecule has 1 unspecified atom stereocenters. The van der Waals surface area contributed by atoms with Gasteiger partial charge in [0.2, 0.25) is 0 Å². The fraction of sp³-hybridized carbons (Fsp3) is 0.250. The molecule has 1 aromatic rings. The molecule has 0 heterocycles. The molecule has 1 rings (SSSR count). The number of halogens is 1. The van der Waals surface area contributed by atoms with Gasteiger partial charge in [0.15, 0.2) is 11.1 Å². The van der Waals surface area contributed by atoms with Crippen molar-refractivity contribution in [2.75, 3.05) is 5.33 Å². The second-order valence-electron chi connectivity index (χ2n) is 2.34. The predicted octanol–water partition coefficient (Wildman–Crippen LogP) is 2.20. The molecule has 12 heavy (non-hydrogen) atoms. The van der Waals surface area contributed by atoms with E-state index in [2.05, 4.69) is 15.9 Å². The molecule has 0 aliphatic rings. The maximum absolute atomic E-state index is 10.7. The molecule has 0 saturated heterocycles. The lowest BCUT2D eigenvalue weighted by Gasteiger charge is -1.99. The molecule has 0 aliphatic heterocycles. The normalized spacial score (nSPS) is 12.8. The third-order valence-corrected chi connectivity index (χ3v) is 2.54. The van der Waals surface area contributed by atoms with E-state index in [1.54, 1.807) is 18.2 Å². The van der Waals surface area contributed by atoms with E-state index in [4.69, 9.17) is 4.55 Å². The molecular weight excluding hydrogens is 240 g/mol. The molecule has 1 atom stereocenters. The second-order valence-corrected chi connectivity index (χ2v) is 4.10. The van der Waals surface area contributed by atoms with E-state index < -0.39 is 11.1 Å². The van der Waals surface area contributed by atoms with Crippen LogP contribution in [0.2, 0.25) is 0 Å². The van der Waals surface area contributed by atoms with Crippen molar-refractivity contribution in [1.29, 1.82) is 0 Å². The largest absolute Gasteiger partial charge is 0.302 e. The van der Waals surface area contributed by atoms with Gasteiger partial charge in [-0.15, -0.1) is 0 Å². The smallest absolute Gasteiger partial charge is 0.186 e. The summed E-state index contributed by atoms with van der Waals surface area (Å²) in [7, 11) is 0. The Bertz CT molecular complexity index is 288. The molecule has 0 aliphatic carbocycles. The molecule has 0 aromatic heterocycles. The Kier molecular flexibility index (Phi) is 3.91. The molecule has 1 aromatic carbocycles. The van der Waals surface area contributed by atoms with Gasteiger partial charge in [0.05, 0.1) is 4.90 Å². The highest BCUT2D eigenvalue weighted by atomic mass is 79.9. The van der Waals surface area contributed by atoms with Gasteiger partial charge < -0.3 is 4.55 Å². The van der Waals surface area contributed by atoms with Crippen molar-refractivity contribution < 1.29 is 8.76 Å². The molecule has 0 radical (unpaired) electrons. The fourth-order valence-corrected chi connectivity index (χ4v) is 1.82. The van der Waals surface area contributed by atoms with E-state index in [-0.39, 0.29) is 0 Å². The van der Waals surface area contributed by atoms with E-state index in [1.165, 1.54) is 0 Å². The van der Waals surface area contributed by atoms with E-state index in [0.29, 0.717) is 4.90 Å². The summed E-state index contributed by atoms with van der Waals surface area (Å²) in [6, 6.07) is 7.13. The van der Waals surface area contributed by atoms with Gasteiger partial charge in [-0.2, -0.15) is 0 Å². The lowest BCUT2D eigenvalue weighted by molar-refractivity contribution is 0.564. The van der Waals surface area contributed by atoms with Gasteiger partial charge in [0.25, 0.3) is 0 Å². The predicted molar refractivity (Wildman–Crippen MR) is 53.0 cm³/mol. The van der Waals surface area contributed by atoms with Crippen molar-refractivity contribution in [2.45, 2.75) is 11.3 Å². The van der Waals surface area contributed by atoms with Crippen molar-refractivity contribution in [2.24, 2.45) is 0 Å². The Labute approximate surface area is 82.4 Å². The first kappa shape index (κ1) is 9.89. The number of hydrogen-bond acceptors (Lipinski definition) is 1. The van der Waals surface area contributed by atoms with Crippen LogP contribution in [0.5, 0.6) is 0 Å². The number of hydrogen-bond donors (Lipinski definition) is 1. The minimum absolute atomic E-state index is 0.466. The summed E-state index contributed by atoms with van der Waals surface area (Å²) < 4.78 is 19.4. The molecular formula is C8H9BrO2S.